The lowest BCUT2D eigenvalue weighted by molar-refractivity contribution is 0.0924. The minimum Gasteiger partial charge on any atom is -0.349 e. The molecule has 0 aromatic carbocycles. The number of carbonyl (C=O) groups is 1. The largest absolute Gasteiger partial charge is 0.349 e. The summed E-state index contributed by atoms with van der Waals surface area (Å²) in [6, 6.07) is 5.15. The third-order valence-electron chi connectivity index (χ3n) is 3.97. The van der Waals surface area contributed by atoms with E-state index in [4.69, 9.17) is 0 Å². The molecule has 2 N–H and O–H groups in total. The van der Waals surface area contributed by atoms with Crippen LogP contribution >= 0.6 is 0 Å². The van der Waals surface area contributed by atoms with Gasteiger partial charge in [0, 0.05) is 35.6 Å². The third-order valence-corrected chi connectivity index (χ3v) is 3.97. The predicted molar refractivity (Wildman–Crippen MR) is 69.4 cm³/mol. The molecule has 2 bridgehead atoms. The standard InChI is InChI=1S/C14H19N3O/c1-9-6-10(4-5-15-9)14(18)17-13-7-11-2-3-12(8-13)16-11/h4-6,11-13,16H,2-3,7-8H2,1H3,(H,17,18). The van der Waals surface area contributed by atoms with Gasteiger partial charge in [-0.3, -0.25) is 9.78 Å². The van der Waals surface area contributed by atoms with Gasteiger partial charge in [-0.25, -0.2) is 0 Å². The van der Waals surface area contributed by atoms with Gasteiger partial charge in [0.15, 0.2) is 0 Å². The van der Waals surface area contributed by atoms with E-state index in [0.29, 0.717) is 23.7 Å². The number of carbonyl (C=O) groups excluding carboxylic acids is 1. The fraction of sp³-hybridized carbons (Fsp3) is 0.571. The second kappa shape index (κ2) is 4.69. The van der Waals surface area contributed by atoms with Crippen molar-refractivity contribution in [1.82, 2.24) is 15.6 Å². The highest BCUT2D eigenvalue weighted by atomic mass is 16.1. The Kier molecular flexibility index (Phi) is 3.04. The van der Waals surface area contributed by atoms with Crippen LogP contribution in [0.3, 0.4) is 0 Å². The molecule has 2 aliphatic heterocycles. The highest BCUT2D eigenvalue weighted by Gasteiger charge is 2.34. The molecule has 4 nitrogen and oxygen atoms in total. The van der Waals surface area contributed by atoms with Crippen LogP contribution in [0.2, 0.25) is 0 Å². The van der Waals surface area contributed by atoms with Crippen molar-refractivity contribution >= 4 is 5.91 Å². The average Bonchev–Trinajstić information content (AvgIpc) is 2.69. The predicted octanol–water partition coefficient (Wildman–Crippen LogP) is 1.40. The number of fused-ring (bicyclic) bond motifs is 2. The topological polar surface area (TPSA) is 54.0 Å². The van der Waals surface area contributed by atoms with Crippen LogP contribution in [0.25, 0.3) is 0 Å². The van der Waals surface area contributed by atoms with Crippen molar-refractivity contribution in [2.45, 2.75) is 50.7 Å². The molecule has 18 heavy (non-hydrogen) atoms. The molecule has 2 atom stereocenters. The molecule has 2 unspecified atom stereocenters. The van der Waals surface area contributed by atoms with E-state index < -0.39 is 0 Å². The minimum absolute atomic E-state index is 0.0341. The number of nitrogens with one attached hydrogen (secondary N) is 2. The number of rotatable bonds is 2. The summed E-state index contributed by atoms with van der Waals surface area (Å²) in [6.07, 6.45) is 6.33. The summed E-state index contributed by atoms with van der Waals surface area (Å²) in [4.78, 5) is 16.3. The van der Waals surface area contributed by atoms with Crippen molar-refractivity contribution in [2.24, 2.45) is 0 Å². The van der Waals surface area contributed by atoms with E-state index in [9.17, 15) is 4.79 Å². The fourth-order valence-electron chi connectivity index (χ4n) is 3.13. The number of pyridine rings is 1. The van der Waals surface area contributed by atoms with Gasteiger partial charge in [-0.2, -0.15) is 0 Å². The van der Waals surface area contributed by atoms with Crippen molar-refractivity contribution < 1.29 is 4.79 Å². The lowest BCUT2D eigenvalue weighted by atomic mass is 9.99. The zero-order chi connectivity index (χ0) is 12.5. The highest BCUT2D eigenvalue weighted by Crippen LogP contribution is 2.26. The summed E-state index contributed by atoms with van der Waals surface area (Å²) >= 11 is 0. The Labute approximate surface area is 107 Å². The second-order valence-electron chi connectivity index (χ2n) is 5.47. The lowest BCUT2D eigenvalue weighted by Gasteiger charge is -2.29. The molecule has 0 spiro atoms. The first kappa shape index (κ1) is 11.7. The molecule has 2 saturated heterocycles. The van der Waals surface area contributed by atoms with Crippen molar-refractivity contribution in [3.8, 4) is 0 Å². The van der Waals surface area contributed by atoms with Crippen molar-refractivity contribution in [1.29, 1.82) is 0 Å². The van der Waals surface area contributed by atoms with Crippen LogP contribution in [-0.2, 0) is 0 Å². The smallest absolute Gasteiger partial charge is 0.251 e. The Hall–Kier alpha value is -1.42. The van der Waals surface area contributed by atoms with Gasteiger partial charge in [0.2, 0.25) is 0 Å². The molecule has 1 aromatic heterocycles. The van der Waals surface area contributed by atoms with Crippen LogP contribution in [0.5, 0.6) is 0 Å². The van der Waals surface area contributed by atoms with E-state index in [2.05, 4.69) is 15.6 Å². The Balaban J connectivity index is 1.64. The van der Waals surface area contributed by atoms with Gasteiger partial charge >= 0.3 is 0 Å². The van der Waals surface area contributed by atoms with Gasteiger partial charge in [-0.05, 0) is 44.7 Å². The first-order valence-corrected chi connectivity index (χ1v) is 6.70. The molecular formula is C14H19N3O. The van der Waals surface area contributed by atoms with Gasteiger partial charge in [0.25, 0.3) is 5.91 Å². The minimum atomic E-state index is 0.0341. The van der Waals surface area contributed by atoms with E-state index in [1.54, 1.807) is 12.3 Å². The molecule has 4 heteroatoms. The van der Waals surface area contributed by atoms with Crippen LogP contribution in [0.4, 0.5) is 0 Å². The van der Waals surface area contributed by atoms with Gasteiger partial charge in [-0.15, -0.1) is 0 Å². The van der Waals surface area contributed by atoms with Gasteiger partial charge in [0.05, 0.1) is 0 Å². The van der Waals surface area contributed by atoms with Gasteiger partial charge < -0.3 is 10.6 Å². The van der Waals surface area contributed by atoms with E-state index >= 15 is 0 Å². The summed E-state index contributed by atoms with van der Waals surface area (Å²) in [5, 5.41) is 6.74. The molecule has 0 saturated carbocycles. The number of nitrogens with zero attached hydrogens (tertiary/aromatic N) is 1. The quantitative estimate of drug-likeness (QED) is 0.828. The molecule has 2 aliphatic rings. The van der Waals surface area contributed by atoms with E-state index in [0.717, 1.165) is 18.5 Å². The summed E-state index contributed by atoms with van der Waals surface area (Å²) in [5.74, 6) is 0.0341. The zero-order valence-electron chi connectivity index (χ0n) is 10.6. The van der Waals surface area contributed by atoms with Crippen molar-refractivity contribution in [3.63, 3.8) is 0 Å². The molecular weight excluding hydrogens is 226 g/mol. The van der Waals surface area contributed by atoms with E-state index in [-0.39, 0.29) is 5.91 Å². The molecule has 0 radical (unpaired) electrons. The Morgan fingerprint density at radius 3 is 2.78 bits per heavy atom. The normalized spacial score (nSPS) is 30.2. The van der Waals surface area contributed by atoms with Crippen LogP contribution in [-0.4, -0.2) is 29.0 Å². The van der Waals surface area contributed by atoms with Crippen molar-refractivity contribution in [3.05, 3.63) is 29.6 Å². The maximum absolute atomic E-state index is 12.1. The molecule has 2 fully saturated rings. The molecule has 1 aromatic rings. The van der Waals surface area contributed by atoms with Gasteiger partial charge in [-0.1, -0.05) is 0 Å². The molecule has 3 heterocycles. The number of amides is 1. The molecule has 3 rings (SSSR count). The first-order chi connectivity index (χ1) is 8.70. The summed E-state index contributed by atoms with van der Waals surface area (Å²) in [6.45, 7) is 1.90. The molecule has 0 aliphatic carbocycles. The second-order valence-corrected chi connectivity index (χ2v) is 5.47. The van der Waals surface area contributed by atoms with Crippen molar-refractivity contribution in [2.75, 3.05) is 0 Å². The molecule has 96 valence electrons. The monoisotopic (exact) mass is 245 g/mol. The van der Waals surface area contributed by atoms with Gasteiger partial charge in [0.1, 0.15) is 0 Å². The number of piperidine rings is 1. The lowest BCUT2D eigenvalue weighted by Crippen LogP contribution is -2.48. The van der Waals surface area contributed by atoms with Crippen LogP contribution in [0.15, 0.2) is 18.3 Å². The number of hydrogen-bond acceptors (Lipinski definition) is 3. The number of hydrogen-bond donors (Lipinski definition) is 2. The molecule has 1 amide bonds. The first-order valence-electron chi connectivity index (χ1n) is 6.70. The highest BCUT2D eigenvalue weighted by molar-refractivity contribution is 5.94. The summed E-state index contributed by atoms with van der Waals surface area (Å²) < 4.78 is 0. The Bertz CT molecular complexity index is 448. The third kappa shape index (κ3) is 2.38. The van der Waals surface area contributed by atoms with Crippen LogP contribution in [0, 0.1) is 6.92 Å². The zero-order valence-corrected chi connectivity index (χ0v) is 10.6. The van der Waals surface area contributed by atoms with E-state index in [1.165, 1.54) is 12.8 Å². The van der Waals surface area contributed by atoms with Crippen LogP contribution in [0.1, 0.15) is 41.7 Å². The maximum atomic E-state index is 12.1. The van der Waals surface area contributed by atoms with E-state index in [1.807, 2.05) is 13.0 Å². The average molecular weight is 245 g/mol. The number of aryl methyl sites for hydroxylation is 1. The SMILES string of the molecule is Cc1cc(C(=O)NC2CC3CCC(C2)N3)ccn1. The maximum Gasteiger partial charge on any atom is 0.251 e. The van der Waals surface area contributed by atoms with Crippen LogP contribution < -0.4 is 10.6 Å². The fourth-order valence-corrected chi connectivity index (χ4v) is 3.13. The summed E-state index contributed by atoms with van der Waals surface area (Å²) in [5.41, 5.74) is 1.60. The summed E-state index contributed by atoms with van der Waals surface area (Å²) in [7, 11) is 0. The Morgan fingerprint density at radius 1 is 1.39 bits per heavy atom. The Morgan fingerprint density at radius 2 is 2.11 bits per heavy atom. The number of aromatic nitrogens is 1.